The molecular weight excluding hydrogens is 322 g/mol. The van der Waals surface area contributed by atoms with Crippen LogP contribution in [-0.2, 0) is 0 Å². The number of hydrogen-bond donors (Lipinski definition) is 2. The molecule has 1 aromatic carbocycles. The lowest BCUT2D eigenvalue weighted by atomic mass is 9.86. The summed E-state index contributed by atoms with van der Waals surface area (Å²) < 4.78 is 0.754. The van der Waals surface area contributed by atoms with Crippen LogP contribution in [0.3, 0.4) is 0 Å². The van der Waals surface area contributed by atoms with Crippen molar-refractivity contribution >= 4 is 21.8 Å². The first-order valence-electron chi connectivity index (χ1n) is 6.91. The molecule has 2 atom stereocenters. The smallest absolute Gasteiger partial charge is 0.257 e. The maximum atomic E-state index is 12.4. The molecule has 1 fully saturated rings. The molecule has 0 radical (unpaired) electrons. The van der Waals surface area contributed by atoms with Crippen molar-refractivity contribution in [3.8, 4) is 5.75 Å². The number of amides is 1. The SMILES string of the molecule is CN(CC1CCCCC1O)C(=O)c1cc(Br)ccc1O. The summed E-state index contributed by atoms with van der Waals surface area (Å²) in [5, 5.41) is 19.8. The number of hydrogen-bond acceptors (Lipinski definition) is 3. The summed E-state index contributed by atoms with van der Waals surface area (Å²) in [6, 6.07) is 4.81. The molecule has 2 N–H and O–H groups in total. The lowest BCUT2D eigenvalue weighted by molar-refractivity contribution is 0.0450. The van der Waals surface area contributed by atoms with Crippen LogP contribution in [0.5, 0.6) is 5.75 Å². The number of carbonyl (C=O) groups is 1. The lowest BCUT2D eigenvalue weighted by Crippen LogP contribution is -2.38. The van der Waals surface area contributed by atoms with Gasteiger partial charge in [-0.25, -0.2) is 0 Å². The number of phenolic OH excluding ortho intramolecular Hbond substituents is 1. The minimum atomic E-state index is -0.324. The van der Waals surface area contributed by atoms with E-state index in [4.69, 9.17) is 0 Å². The number of benzene rings is 1. The Morgan fingerprint density at radius 1 is 1.40 bits per heavy atom. The Kier molecular flexibility index (Phi) is 5.05. The predicted molar refractivity (Wildman–Crippen MR) is 80.7 cm³/mol. The van der Waals surface area contributed by atoms with Crippen LogP contribution in [0, 0.1) is 5.92 Å². The fourth-order valence-corrected chi connectivity index (χ4v) is 3.08. The van der Waals surface area contributed by atoms with Crippen molar-refractivity contribution in [1.29, 1.82) is 0 Å². The Hall–Kier alpha value is -1.07. The topological polar surface area (TPSA) is 60.8 Å². The highest BCUT2D eigenvalue weighted by Crippen LogP contribution is 2.27. The van der Waals surface area contributed by atoms with Gasteiger partial charge in [0, 0.05) is 24.0 Å². The van der Waals surface area contributed by atoms with Crippen LogP contribution in [0.1, 0.15) is 36.0 Å². The van der Waals surface area contributed by atoms with E-state index >= 15 is 0 Å². The molecule has 2 unspecified atom stereocenters. The third-order valence-corrected chi connectivity index (χ3v) is 4.41. The van der Waals surface area contributed by atoms with Crippen molar-refractivity contribution in [3.05, 3.63) is 28.2 Å². The maximum Gasteiger partial charge on any atom is 0.257 e. The van der Waals surface area contributed by atoms with E-state index < -0.39 is 0 Å². The van der Waals surface area contributed by atoms with Gasteiger partial charge in [0.25, 0.3) is 5.91 Å². The first-order chi connectivity index (χ1) is 9.49. The van der Waals surface area contributed by atoms with Crippen LogP contribution in [0.4, 0.5) is 0 Å². The van der Waals surface area contributed by atoms with Crippen molar-refractivity contribution in [2.24, 2.45) is 5.92 Å². The zero-order chi connectivity index (χ0) is 14.7. The Morgan fingerprint density at radius 3 is 2.80 bits per heavy atom. The molecule has 1 amide bonds. The first-order valence-corrected chi connectivity index (χ1v) is 7.70. The molecule has 4 nitrogen and oxygen atoms in total. The third-order valence-electron chi connectivity index (χ3n) is 3.91. The molecule has 2 rings (SSSR count). The zero-order valence-electron chi connectivity index (χ0n) is 11.6. The van der Waals surface area contributed by atoms with Crippen molar-refractivity contribution in [2.75, 3.05) is 13.6 Å². The van der Waals surface area contributed by atoms with E-state index in [0.29, 0.717) is 6.54 Å². The van der Waals surface area contributed by atoms with Crippen LogP contribution in [0.15, 0.2) is 22.7 Å². The second kappa shape index (κ2) is 6.59. The summed E-state index contributed by atoms with van der Waals surface area (Å²) in [6.45, 7) is 0.520. The van der Waals surface area contributed by atoms with E-state index in [2.05, 4.69) is 15.9 Å². The number of aliphatic hydroxyl groups excluding tert-OH is 1. The largest absolute Gasteiger partial charge is 0.507 e. The van der Waals surface area contributed by atoms with Gasteiger partial charge < -0.3 is 15.1 Å². The summed E-state index contributed by atoms with van der Waals surface area (Å²) in [6.07, 6.45) is 3.60. The van der Waals surface area contributed by atoms with Gasteiger partial charge in [-0.15, -0.1) is 0 Å². The van der Waals surface area contributed by atoms with E-state index in [1.165, 1.54) is 6.07 Å². The summed E-state index contributed by atoms with van der Waals surface area (Å²) >= 11 is 3.30. The zero-order valence-corrected chi connectivity index (χ0v) is 13.1. The van der Waals surface area contributed by atoms with Gasteiger partial charge in [-0.05, 0) is 31.0 Å². The van der Waals surface area contributed by atoms with E-state index in [1.54, 1.807) is 24.1 Å². The number of phenols is 1. The molecule has 0 bridgehead atoms. The molecule has 1 aromatic rings. The Bertz CT molecular complexity index is 492. The summed E-state index contributed by atoms with van der Waals surface area (Å²) in [5.41, 5.74) is 0.284. The van der Waals surface area contributed by atoms with Crippen molar-refractivity contribution in [3.63, 3.8) is 0 Å². The van der Waals surface area contributed by atoms with Crippen LogP contribution in [0.25, 0.3) is 0 Å². The van der Waals surface area contributed by atoms with Gasteiger partial charge in [0.15, 0.2) is 0 Å². The number of rotatable bonds is 3. The molecule has 0 spiro atoms. The maximum absolute atomic E-state index is 12.4. The second-order valence-electron chi connectivity index (χ2n) is 5.46. The molecule has 0 heterocycles. The molecule has 110 valence electrons. The molecule has 0 aromatic heterocycles. The van der Waals surface area contributed by atoms with E-state index in [9.17, 15) is 15.0 Å². The number of aromatic hydroxyl groups is 1. The predicted octanol–water partition coefficient (Wildman–Crippen LogP) is 2.78. The highest BCUT2D eigenvalue weighted by atomic mass is 79.9. The van der Waals surface area contributed by atoms with E-state index in [1.807, 2.05) is 0 Å². The Morgan fingerprint density at radius 2 is 2.10 bits per heavy atom. The van der Waals surface area contributed by atoms with Gasteiger partial charge >= 0.3 is 0 Å². The molecule has 1 aliphatic rings. The fourth-order valence-electron chi connectivity index (χ4n) is 2.72. The molecule has 1 aliphatic carbocycles. The minimum absolute atomic E-state index is 0.0192. The standard InChI is InChI=1S/C15H20BrNO3/c1-17(9-10-4-2-3-5-13(10)18)15(20)12-8-11(16)6-7-14(12)19/h6-8,10,13,18-19H,2-5,9H2,1H3. The number of aliphatic hydroxyl groups is 1. The summed E-state index contributed by atoms with van der Waals surface area (Å²) in [4.78, 5) is 13.9. The molecule has 1 saturated carbocycles. The average molecular weight is 342 g/mol. The van der Waals surface area contributed by atoms with Crippen molar-refractivity contribution in [2.45, 2.75) is 31.8 Å². The van der Waals surface area contributed by atoms with Gasteiger partial charge in [0.05, 0.1) is 11.7 Å². The number of nitrogens with zero attached hydrogens (tertiary/aromatic N) is 1. The van der Waals surface area contributed by atoms with Crippen molar-refractivity contribution < 1.29 is 15.0 Å². The van der Waals surface area contributed by atoms with Gasteiger partial charge in [-0.1, -0.05) is 28.8 Å². The van der Waals surface area contributed by atoms with Crippen LogP contribution in [-0.4, -0.2) is 40.7 Å². The van der Waals surface area contributed by atoms with Gasteiger partial charge in [0.2, 0.25) is 0 Å². The Labute approximate surface area is 127 Å². The minimum Gasteiger partial charge on any atom is -0.507 e. The molecule has 5 heteroatoms. The van der Waals surface area contributed by atoms with Gasteiger partial charge in [-0.3, -0.25) is 4.79 Å². The van der Waals surface area contributed by atoms with Crippen LogP contribution >= 0.6 is 15.9 Å². The van der Waals surface area contributed by atoms with E-state index in [0.717, 1.165) is 30.2 Å². The summed E-state index contributed by atoms with van der Waals surface area (Å²) in [7, 11) is 1.71. The normalized spacial score (nSPS) is 22.6. The third kappa shape index (κ3) is 3.52. The number of carbonyl (C=O) groups excluding carboxylic acids is 1. The average Bonchev–Trinajstić information content (AvgIpc) is 2.43. The molecule has 0 aliphatic heterocycles. The lowest BCUT2D eigenvalue weighted by Gasteiger charge is -2.31. The van der Waals surface area contributed by atoms with Gasteiger partial charge in [0.1, 0.15) is 5.75 Å². The molecular formula is C15H20BrNO3. The second-order valence-corrected chi connectivity index (χ2v) is 6.37. The van der Waals surface area contributed by atoms with Crippen molar-refractivity contribution in [1.82, 2.24) is 4.90 Å². The highest BCUT2D eigenvalue weighted by Gasteiger charge is 2.26. The summed E-state index contributed by atoms with van der Waals surface area (Å²) in [5.74, 6) is -0.109. The van der Waals surface area contributed by atoms with Crippen LogP contribution in [0.2, 0.25) is 0 Å². The number of halogens is 1. The van der Waals surface area contributed by atoms with Crippen LogP contribution < -0.4 is 0 Å². The molecule has 20 heavy (non-hydrogen) atoms. The Balaban J connectivity index is 2.06. The quantitative estimate of drug-likeness (QED) is 0.888. The monoisotopic (exact) mass is 341 g/mol. The molecule has 0 saturated heterocycles. The van der Waals surface area contributed by atoms with Gasteiger partial charge in [-0.2, -0.15) is 0 Å². The van der Waals surface area contributed by atoms with E-state index in [-0.39, 0.29) is 29.2 Å². The first kappa shape index (κ1) is 15.3. The fraction of sp³-hybridized carbons (Fsp3) is 0.533. The highest BCUT2D eigenvalue weighted by molar-refractivity contribution is 9.10.